The zero-order chi connectivity index (χ0) is 18.9. The molecule has 4 rings (SSSR count). The van der Waals surface area contributed by atoms with Gasteiger partial charge in [-0.2, -0.15) is 0 Å². The molecule has 0 aromatic heterocycles. The van der Waals surface area contributed by atoms with Crippen molar-refractivity contribution < 1.29 is 14.6 Å². The second-order valence-corrected chi connectivity index (χ2v) is 11.0. The van der Waals surface area contributed by atoms with Gasteiger partial charge in [-0.25, -0.2) is 0 Å². The molecular formula is C23H38O3. The van der Waals surface area contributed by atoms with Crippen LogP contribution in [0.1, 0.15) is 79.1 Å². The molecule has 0 saturated heterocycles. The van der Waals surface area contributed by atoms with E-state index in [2.05, 4.69) is 13.8 Å². The highest BCUT2D eigenvalue weighted by atomic mass is 16.5. The number of aliphatic hydroxyl groups is 1. The first-order chi connectivity index (χ1) is 12.1. The Morgan fingerprint density at radius 1 is 1.00 bits per heavy atom. The van der Waals surface area contributed by atoms with Crippen LogP contribution in [0.3, 0.4) is 0 Å². The molecule has 0 bridgehead atoms. The van der Waals surface area contributed by atoms with Crippen LogP contribution < -0.4 is 0 Å². The molecule has 148 valence electrons. The molecule has 3 heteroatoms. The van der Waals surface area contributed by atoms with Gasteiger partial charge in [0.1, 0.15) is 5.78 Å². The van der Waals surface area contributed by atoms with E-state index in [1.54, 1.807) is 14.0 Å². The van der Waals surface area contributed by atoms with Crippen LogP contribution in [0.15, 0.2) is 0 Å². The van der Waals surface area contributed by atoms with Gasteiger partial charge in [-0.05, 0) is 99.7 Å². The zero-order valence-electron chi connectivity index (χ0n) is 17.4. The summed E-state index contributed by atoms with van der Waals surface area (Å²) in [6, 6.07) is 0. The Labute approximate surface area is 159 Å². The number of methoxy groups -OCH3 is 1. The van der Waals surface area contributed by atoms with Gasteiger partial charge in [0.05, 0.1) is 11.7 Å². The molecule has 9 atom stereocenters. The molecule has 0 heterocycles. The van der Waals surface area contributed by atoms with Crippen LogP contribution in [0.25, 0.3) is 0 Å². The van der Waals surface area contributed by atoms with Crippen molar-refractivity contribution in [2.75, 3.05) is 7.11 Å². The fourth-order valence-corrected chi connectivity index (χ4v) is 8.38. The van der Waals surface area contributed by atoms with Crippen molar-refractivity contribution >= 4 is 5.78 Å². The smallest absolute Gasteiger partial charge is 0.136 e. The summed E-state index contributed by atoms with van der Waals surface area (Å²) in [5, 5.41) is 10.6. The van der Waals surface area contributed by atoms with Crippen molar-refractivity contribution in [2.24, 2.45) is 40.4 Å². The van der Waals surface area contributed by atoms with Gasteiger partial charge in [0.25, 0.3) is 0 Å². The fourth-order valence-electron chi connectivity index (χ4n) is 8.38. The molecule has 0 aliphatic heterocycles. The van der Waals surface area contributed by atoms with Crippen LogP contribution >= 0.6 is 0 Å². The van der Waals surface area contributed by atoms with Crippen LogP contribution in [-0.2, 0) is 9.53 Å². The monoisotopic (exact) mass is 362 g/mol. The third-order valence-electron chi connectivity index (χ3n) is 9.70. The summed E-state index contributed by atoms with van der Waals surface area (Å²) in [5.74, 6) is 3.20. The quantitative estimate of drug-likeness (QED) is 0.780. The maximum Gasteiger partial charge on any atom is 0.136 e. The molecule has 0 unspecified atom stereocenters. The third kappa shape index (κ3) is 2.56. The van der Waals surface area contributed by atoms with Crippen molar-refractivity contribution in [3.05, 3.63) is 0 Å². The second kappa shape index (κ2) is 6.04. The average molecular weight is 363 g/mol. The number of rotatable bonds is 2. The van der Waals surface area contributed by atoms with E-state index in [0.29, 0.717) is 23.0 Å². The third-order valence-corrected chi connectivity index (χ3v) is 9.70. The number of ketones is 1. The van der Waals surface area contributed by atoms with E-state index in [4.69, 9.17) is 4.74 Å². The molecule has 3 nitrogen and oxygen atoms in total. The predicted molar refractivity (Wildman–Crippen MR) is 103 cm³/mol. The zero-order valence-corrected chi connectivity index (χ0v) is 17.4. The van der Waals surface area contributed by atoms with Gasteiger partial charge in [0.15, 0.2) is 0 Å². The molecule has 4 aliphatic carbocycles. The molecule has 0 radical (unpaired) electrons. The Hall–Kier alpha value is -0.410. The number of Topliss-reactive ketones (excluding diaryl/α,β-unsaturated/α-hetero) is 1. The molecule has 0 amide bonds. The minimum atomic E-state index is -0.464. The molecule has 26 heavy (non-hydrogen) atoms. The van der Waals surface area contributed by atoms with Gasteiger partial charge in [-0.15, -0.1) is 0 Å². The Morgan fingerprint density at radius 3 is 2.38 bits per heavy atom. The van der Waals surface area contributed by atoms with Gasteiger partial charge in [-0.1, -0.05) is 13.8 Å². The molecule has 0 aromatic carbocycles. The molecule has 0 aromatic rings. The first kappa shape index (κ1) is 18.9. The molecule has 4 saturated carbocycles. The van der Waals surface area contributed by atoms with E-state index in [1.807, 2.05) is 6.92 Å². The largest absolute Gasteiger partial charge is 0.390 e. The SMILES string of the molecule is CO[C@@H]1C[C@H]2[C@@H]3CC[C@H]4C[C@](C)(O)CC[C@]4(C)[C@H]3CC[C@]2(C)[C@H]1C(C)=O. The number of hydrogen-bond donors (Lipinski definition) is 1. The minimum Gasteiger partial charge on any atom is -0.390 e. The second-order valence-electron chi connectivity index (χ2n) is 11.0. The molecular weight excluding hydrogens is 324 g/mol. The number of hydrogen-bond acceptors (Lipinski definition) is 3. The first-order valence-corrected chi connectivity index (χ1v) is 10.9. The summed E-state index contributed by atoms with van der Waals surface area (Å²) in [6.45, 7) is 8.72. The normalized spacial score (nSPS) is 56.4. The Morgan fingerprint density at radius 2 is 1.73 bits per heavy atom. The van der Waals surface area contributed by atoms with E-state index < -0.39 is 5.60 Å². The number of ether oxygens (including phenoxy) is 1. The lowest BCUT2D eigenvalue weighted by Crippen LogP contribution is -2.55. The number of fused-ring (bicyclic) bond motifs is 5. The van der Waals surface area contributed by atoms with Gasteiger partial charge in [0.2, 0.25) is 0 Å². The van der Waals surface area contributed by atoms with Crippen molar-refractivity contribution in [3.63, 3.8) is 0 Å². The maximum atomic E-state index is 12.5. The Bertz CT molecular complexity index is 584. The van der Waals surface area contributed by atoms with Crippen molar-refractivity contribution in [1.82, 2.24) is 0 Å². The Balaban J connectivity index is 1.63. The van der Waals surface area contributed by atoms with Crippen LogP contribution in [-0.4, -0.2) is 29.7 Å². The average Bonchev–Trinajstić information content (AvgIpc) is 2.88. The maximum absolute atomic E-state index is 12.5. The standard InChI is InChI=1S/C23H38O3/c1-14(24)20-19(26-5)12-18-16-7-6-15-13-21(2,25)10-11-22(15,3)17(16)8-9-23(18,20)4/h15-20,25H,6-13H2,1-5H3/t15-,16+,17-,18-,19+,20-,21+,22-,23-/m0/s1. The summed E-state index contributed by atoms with van der Waals surface area (Å²) >= 11 is 0. The van der Waals surface area contributed by atoms with E-state index in [9.17, 15) is 9.90 Å². The highest BCUT2D eigenvalue weighted by molar-refractivity contribution is 5.80. The lowest BCUT2D eigenvalue weighted by Gasteiger charge is -2.61. The predicted octanol–water partition coefficient (Wildman–Crippen LogP) is 4.61. The van der Waals surface area contributed by atoms with Gasteiger partial charge in [-0.3, -0.25) is 4.79 Å². The van der Waals surface area contributed by atoms with E-state index in [0.717, 1.165) is 31.1 Å². The van der Waals surface area contributed by atoms with Crippen LogP contribution in [0.4, 0.5) is 0 Å². The van der Waals surface area contributed by atoms with Crippen molar-refractivity contribution in [3.8, 4) is 0 Å². The van der Waals surface area contributed by atoms with Gasteiger partial charge < -0.3 is 9.84 Å². The topological polar surface area (TPSA) is 46.5 Å². The molecule has 0 spiro atoms. The number of carbonyl (C=O) groups excluding carboxylic acids is 1. The van der Waals surface area contributed by atoms with E-state index in [1.165, 1.54) is 32.1 Å². The first-order valence-electron chi connectivity index (χ1n) is 10.9. The lowest BCUT2D eigenvalue weighted by atomic mass is 9.44. The summed E-state index contributed by atoms with van der Waals surface area (Å²) < 4.78 is 5.83. The van der Waals surface area contributed by atoms with Crippen molar-refractivity contribution in [2.45, 2.75) is 90.8 Å². The van der Waals surface area contributed by atoms with E-state index in [-0.39, 0.29) is 17.4 Å². The van der Waals surface area contributed by atoms with E-state index >= 15 is 0 Å². The van der Waals surface area contributed by atoms with Crippen molar-refractivity contribution in [1.29, 1.82) is 0 Å². The summed E-state index contributed by atoms with van der Waals surface area (Å²) in [4.78, 5) is 12.5. The highest BCUT2D eigenvalue weighted by Crippen LogP contribution is 2.68. The molecule has 1 N–H and O–H groups in total. The van der Waals surface area contributed by atoms with Crippen LogP contribution in [0.5, 0.6) is 0 Å². The van der Waals surface area contributed by atoms with Crippen LogP contribution in [0.2, 0.25) is 0 Å². The number of carbonyl (C=O) groups is 1. The molecule has 4 aliphatic rings. The summed E-state index contributed by atoms with van der Waals surface area (Å²) in [5.41, 5.74) is 0.0365. The van der Waals surface area contributed by atoms with Crippen LogP contribution in [0, 0.1) is 40.4 Å². The summed E-state index contributed by atoms with van der Waals surface area (Å²) in [7, 11) is 1.79. The molecule has 4 fully saturated rings. The lowest BCUT2D eigenvalue weighted by molar-refractivity contribution is -0.151. The van der Waals surface area contributed by atoms with Gasteiger partial charge in [0, 0.05) is 13.0 Å². The Kier molecular flexibility index (Phi) is 4.40. The summed E-state index contributed by atoms with van der Waals surface area (Å²) in [6.07, 6.45) is 9.22. The highest BCUT2D eigenvalue weighted by Gasteiger charge is 2.63. The fraction of sp³-hybridized carbons (Fsp3) is 0.957. The minimum absolute atomic E-state index is 0.0797. The van der Waals surface area contributed by atoms with Gasteiger partial charge >= 0.3 is 0 Å².